The molecule has 1 aliphatic carbocycles. The summed E-state index contributed by atoms with van der Waals surface area (Å²) < 4.78 is 5.81. The lowest BCUT2D eigenvalue weighted by molar-refractivity contribution is 0.0782. The van der Waals surface area contributed by atoms with Crippen molar-refractivity contribution in [1.29, 1.82) is 0 Å². The monoisotopic (exact) mass is 441 g/mol. The van der Waals surface area contributed by atoms with Gasteiger partial charge in [0.1, 0.15) is 0 Å². The quantitative estimate of drug-likeness (QED) is 0.400. The van der Waals surface area contributed by atoms with E-state index in [1.54, 1.807) is 0 Å². The number of nitrogens with one attached hydrogen (secondary N) is 2. The molecule has 0 spiro atoms. The highest BCUT2D eigenvalue weighted by atomic mass is 127. The molecule has 2 fully saturated rings. The summed E-state index contributed by atoms with van der Waals surface area (Å²) in [6.45, 7) is 5.09. The van der Waals surface area contributed by atoms with Crippen LogP contribution in [0.25, 0.3) is 0 Å². The molecule has 2 unspecified atom stereocenters. The van der Waals surface area contributed by atoms with Crippen molar-refractivity contribution in [3.63, 3.8) is 0 Å². The first-order valence-corrected chi connectivity index (χ1v) is 9.50. The molecule has 0 amide bonds. The van der Waals surface area contributed by atoms with Crippen LogP contribution in [-0.2, 0) is 4.74 Å². The number of aliphatic imine (C=N–C) groups is 1. The second-order valence-corrected chi connectivity index (χ2v) is 7.81. The minimum atomic E-state index is 0. The zero-order valence-electron chi connectivity index (χ0n) is 14.2. The van der Waals surface area contributed by atoms with Crippen LogP contribution in [0.4, 0.5) is 0 Å². The Morgan fingerprint density at radius 3 is 2.64 bits per heavy atom. The lowest BCUT2D eigenvalue weighted by atomic mass is 9.87. The van der Waals surface area contributed by atoms with E-state index in [2.05, 4.69) is 28.8 Å². The van der Waals surface area contributed by atoms with Gasteiger partial charge < -0.3 is 15.4 Å². The highest BCUT2D eigenvalue weighted by Gasteiger charge is 2.32. The highest BCUT2D eigenvalue weighted by molar-refractivity contribution is 14.0. The van der Waals surface area contributed by atoms with Gasteiger partial charge in [-0.2, -0.15) is 11.8 Å². The Morgan fingerprint density at radius 2 is 2.05 bits per heavy atom. The molecule has 0 bridgehead atoms. The minimum Gasteiger partial charge on any atom is -0.381 e. The van der Waals surface area contributed by atoms with Gasteiger partial charge >= 0.3 is 0 Å². The zero-order chi connectivity index (χ0) is 15.1. The average molecular weight is 441 g/mol. The summed E-state index contributed by atoms with van der Waals surface area (Å²) in [6, 6.07) is 0.583. The molecule has 1 saturated heterocycles. The van der Waals surface area contributed by atoms with E-state index in [4.69, 9.17) is 4.74 Å². The van der Waals surface area contributed by atoms with Gasteiger partial charge in [0.2, 0.25) is 0 Å². The van der Waals surface area contributed by atoms with Crippen molar-refractivity contribution in [2.75, 3.05) is 33.1 Å². The summed E-state index contributed by atoms with van der Waals surface area (Å²) in [5, 5.41) is 7.17. The molecule has 130 valence electrons. The smallest absolute Gasteiger partial charge is 0.191 e. The van der Waals surface area contributed by atoms with Crippen molar-refractivity contribution >= 4 is 41.7 Å². The normalized spacial score (nSPS) is 28.6. The maximum atomic E-state index is 5.51. The van der Waals surface area contributed by atoms with Gasteiger partial charge in [0.05, 0.1) is 0 Å². The molecule has 1 saturated carbocycles. The summed E-state index contributed by atoms with van der Waals surface area (Å²) in [6.07, 6.45) is 9.71. The SMILES string of the molecule is CN=C(NCC1(SC)CCOCC1)NC1CCCC(C)C1.I. The van der Waals surface area contributed by atoms with Gasteiger partial charge in [0.15, 0.2) is 5.96 Å². The third-order valence-corrected chi connectivity index (χ3v) is 6.33. The third-order valence-electron chi connectivity index (χ3n) is 4.92. The van der Waals surface area contributed by atoms with Crippen LogP contribution in [0, 0.1) is 5.92 Å². The number of nitrogens with zero attached hydrogens (tertiary/aromatic N) is 1. The summed E-state index contributed by atoms with van der Waals surface area (Å²) in [4.78, 5) is 4.41. The maximum absolute atomic E-state index is 5.51. The molecule has 2 atom stereocenters. The molecule has 22 heavy (non-hydrogen) atoms. The van der Waals surface area contributed by atoms with E-state index in [9.17, 15) is 0 Å². The number of thioether (sulfide) groups is 1. The number of halogens is 1. The number of guanidine groups is 1. The topological polar surface area (TPSA) is 45.7 Å². The van der Waals surface area contributed by atoms with Crippen LogP contribution in [-0.4, -0.2) is 49.8 Å². The van der Waals surface area contributed by atoms with Crippen LogP contribution in [0.15, 0.2) is 4.99 Å². The largest absolute Gasteiger partial charge is 0.381 e. The van der Waals surface area contributed by atoms with Gasteiger partial charge in [0.25, 0.3) is 0 Å². The molecular weight excluding hydrogens is 409 g/mol. The van der Waals surface area contributed by atoms with Crippen molar-refractivity contribution in [3.05, 3.63) is 0 Å². The summed E-state index contributed by atoms with van der Waals surface area (Å²) >= 11 is 1.97. The van der Waals surface area contributed by atoms with Crippen LogP contribution in [0.5, 0.6) is 0 Å². The van der Waals surface area contributed by atoms with E-state index in [0.29, 0.717) is 10.8 Å². The Labute approximate surface area is 157 Å². The molecule has 2 N–H and O–H groups in total. The van der Waals surface area contributed by atoms with Gasteiger partial charge in [-0.1, -0.05) is 19.8 Å². The van der Waals surface area contributed by atoms with Gasteiger partial charge in [-0.25, -0.2) is 0 Å². The predicted molar refractivity (Wildman–Crippen MR) is 108 cm³/mol. The molecule has 1 aliphatic heterocycles. The number of hydrogen-bond donors (Lipinski definition) is 2. The molecular formula is C16H32IN3OS. The number of ether oxygens (including phenoxy) is 1. The molecule has 0 aromatic rings. The van der Waals surface area contributed by atoms with Crippen molar-refractivity contribution in [2.45, 2.75) is 56.2 Å². The average Bonchev–Trinajstić information content (AvgIpc) is 2.52. The fourth-order valence-electron chi connectivity index (χ4n) is 3.39. The summed E-state index contributed by atoms with van der Waals surface area (Å²) in [5.74, 6) is 1.80. The van der Waals surface area contributed by atoms with Crippen molar-refractivity contribution in [2.24, 2.45) is 10.9 Å². The molecule has 0 aromatic carbocycles. The van der Waals surface area contributed by atoms with Gasteiger partial charge in [-0.05, 0) is 37.9 Å². The van der Waals surface area contributed by atoms with E-state index < -0.39 is 0 Å². The second-order valence-electron chi connectivity index (χ2n) is 6.54. The Hall–Kier alpha value is 0.310. The first-order valence-electron chi connectivity index (χ1n) is 8.27. The van der Waals surface area contributed by atoms with E-state index in [0.717, 1.165) is 44.5 Å². The second kappa shape index (κ2) is 10.2. The number of rotatable bonds is 4. The fourth-order valence-corrected chi connectivity index (χ4v) is 4.19. The molecule has 6 heteroatoms. The Kier molecular flexibility index (Phi) is 9.47. The van der Waals surface area contributed by atoms with Gasteiger partial charge in [0, 0.05) is 37.6 Å². The van der Waals surface area contributed by atoms with E-state index in [1.165, 1.54) is 25.7 Å². The Balaban J connectivity index is 0.00000242. The molecule has 2 aliphatic rings. The van der Waals surface area contributed by atoms with Crippen LogP contribution in [0.1, 0.15) is 45.4 Å². The third kappa shape index (κ3) is 6.07. The van der Waals surface area contributed by atoms with Crippen LogP contribution < -0.4 is 10.6 Å². The molecule has 2 rings (SSSR count). The van der Waals surface area contributed by atoms with E-state index in [-0.39, 0.29) is 24.0 Å². The van der Waals surface area contributed by atoms with Gasteiger partial charge in [-0.3, -0.25) is 4.99 Å². The van der Waals surface area contributed by atoms with Crippen LogP contribution in [0.2, 0.25) is 0 Å². The summed E-state index contributed by atoms with van der Waals surface area (Å²) in [7, 11) is 1.87. The Morgan fingerprint density at radius 1 is 1.32 bits per heavy atom. The highest BCUT2D eigenvalue weighted by Crippen LogP contribution is 2.33. The standard InChI is InChI=1S/C16H31N3OS.HI/c1-13-5-4-6-14(11-13)19-15(17-2)18-12-16(21-3)7-9-20-10-8-16;/h13-14H,4-12H2,1-3H3,(H2,17,18,19);1H. The first-order chi connectivity index (χ1) is 10.2. The first kappa shape index (κ1) is 20.4. The van der Waals surface area contributed by atoms with Gasteiger partial charge in [-0.15, -0.1) is 24.0 Å². The van der Waals surface area contributed by atoms with E-state index in [1.807, 2.05) is 18.8 Å². The predicted octanol–water partition coefficient (Wildman–Crippen LogP) is 3.26. The van der Waals surface area contributed by atoms with Crippen molar-refractivity contribution in [3.8, 4) is 0 Å². The van der Waals surface area contributed by atoms with E-state index >= 15 is 0 Å². The van der Waals surface area contributed by atoms with Crippen molar-refractivity contribution < 1.29 is 4.74 Å². The molecule has 4 nitrogen and oxygen atoms in total. The summed E-state index contributed by atoms with van der Waals surface area (Å²) in [5.41, 5.74) is 0. The molecule has 1 heterocycles. The lowest BCUT2D eigenvalue weighted by Crippen LogP contribution is -2.50. The molecule has 0 radical (unpaired) electrons. The van der Waals surface area contributed by atoms with Crippen LogP contribution in [0.3, 0.4) is 0 Å². The minimum absolute atomic E-state index is 0. The van der Waals surface area contributed by atoms with Crippen LogP contribution >= 0.6 is 35.7 Å². The maximum Gasteiger partial charge on any atom is 0.191 e. The van der Waals surface area contributed by atoms with Crippen molar-refractivity contribution in [1.82, 2.24) is 10.6 Å². The molecule has 0 aromatic heterocycles. The fraction of sp³-hybridized carbons (Fsp3) is 0.938. The Bertz CT molecular complexity index is 348. The zero-order valence-corrected chi connectivity index (χ0v) is 17.3. The number of hydrogen-bond acceptors (Lipinski definition) is 3. The lowest BCUT2D eigenvalue weighted by Gasteiger charge is -2.36.